The number of hydrogen-bond acceptors (Lipinski definition) is 9. The number of fused-ring (bicyclic) bond motifs is 1. The van der Waals surface area contributed by atoms with Crippen LogP contribution in [0.1, 0.15) is 20.3 Å². The molecular formula is C31H34F2N8O3. The van der Waals surface area contributed by atoms with Crippen molar-refractivity contribution in [1.82, 2.24) is 29.5 Å². The molecule has 1 aliphatic heterocycles. The average Bonchev–Trinajstić information content (AvgIpc) is 3.44. The minimum absolute atomic E-state index is 0.118. The summed E-state index contributed by atoms with van der Waals surface area (Å²) in [6.07, 6.45) is 10.8. The minimum atomic E-state index is -1.12. The van der Waals surface area contributed by atoms with Crippen molar-refractivity contribution >= 4 is 34.0 Å². The molecule has 0 atom stereocenters. The summed E-state index contributed by atoms with van der Waals surface area (Å²) in [6.45, 7) is 8.75. The first-order valence-electron chi connectivity index (χ1n) is 14.3. The first-order chi connectivity index (χ1) is 21.3. The molecule has 1 fully saturated rings. The van der Waals surface area contributed by atoms with E-state index in [1.165, 1.54) is 29.3 Å². The van der Waals surface area contributed by atoms with Crippen molar-refractivity contribution in [3.63, 3.8) is 0 Å². The molecule has 11 nitrogen and oxygen atoms in total. The van der Waals surface area contributed by atoms with Gasteiger partial charge in [-0.15, -0.1) is 0 Å². The lowest BCUT2D eigenvalue weighted by Gasteiger charge is -2.32. The molecule has 0 aliphatic carbocycles. The van der Waals surface area contributed by atoms with E-state index in [-0.39, 0.29) is 18.3 Å². The number of halogens is 2. The lowest BCUT2D eigenvalue weighted by molar-refractivity contribution is -0.116. The molecule has 4 aromatic rings. The highest BCUT2D eigenvalue weighted by Gasteiger charge is 2.17. The van der Waals surface area contributed by atoms with Crippen LogP contribution in [-0.2, 0) is 11.3 Å². The summed E-state index contributed by atoms with van der Waals surface area (Å²) >= 11 is 0. The van der Waals surface area contributed by atoms with Crippen LogP contribution < -0.4 is 20.1 Å². The number of aromatic nitrogens is 4. The van der Waals surface area contributed by atoms with Crippen molar-refractivity contribution in [2.24, 2.45) is 0 Å². The van der Waals surface area contributed by atoms with Crippen LogP contribution in [0.2, 0.25) is 0 Å². The van der Waals surface area contributed by atoms with Gasteiger partial charge in [-0.1, -0.05) is 12.5 Å². The van der Waals surface area contributed by atoms with Crippen LogP contribution in [0.3, 0.4) is 0 Å². The number of benzene rings is 2. The number of hydrogen-bond donors (Lipinski definition) is 2. The van der Waals surface area contributed by atoms with Crippen molar-refractivity contribution < 1.29 is 23.0 Å². The maximum Gasteiger partial charge on any atom is 0.246 e. The number of nitrogens with zero attached hydrogens (tertiary/aromatic N) is 6. The smallest absolute Gasteiger partial charge is 0.246 e. The molecule has 0 saturated carbocycles. The molecule has 0 bridgehead atoms. The minimum Gasteiger partial charge on any atom is -0.493 e. The van der Waals surface area contributed by atoms with E-state index >= 15 is 0 Å². The summed E-state index contributed by atoms with van der Waals surface area (Å²) in [5.74, 6) is -1.05. The molecule has 3 heterocycles. The third-order valence-corrected chi connectivity index (χ3v) is 6.91. The Kier molecular flexibility index (Phi) is 9.71. The molecule has 13 heteroatoms. The Hall–Kier alpha value is -4.96. The number of ether oxygens (including phenoxy) is 2. The Balaban J connectivity index is 1.24. The zero-order valence-corrected chi connectivity index (χ0v) is 24.6. The van der Waals surface area contributed by atoms with Gasteiger partial charge in [0, 0.05) is 57.1 Å². The molecule has 5 rings (SSSR count). The Morgan fingerprint density at radius 2 is 1.98 bits per heavy atom. The molecule has 2 aromatic heterocycles. The van der Waals surface area contributed by atoms with E-state index in [1.807, 2.05) is 30.9 Å². The van der Waals surface area contributed by atoms with E-state index < -0.39 is 17.5 Å². The molecule has 1 saturated heterocycles. The Labute approximate surface area is 254 Å². The van der Waals surface area contributed by atoms with Crippen LogP contribution in [0.15, 0.2) is 49.1 Å². The molecule has 1 aliphatic rings. The number of carbonyl (C=O) groups is 1. The SMILES string of the molecule is C#CN1CCN(CCCOc2cc(OC(C)C)c3c(Nc4cnn(CC(=O)Nc5cccc(F)c5F)c4)ncnc3c2)CC1. The van der Waals surface area contributed by atoms with Gasteiger partial charge in [0.1, 0.15) is 30.2 Å². The van der Waals surface area contributed by atoms with Crippen molar-refractivity contribution in [2.45, 2.75) is 32.9 Å². The highest BCUT2D eigenvalue weighted by Crippen LogP contribution is 2.36. The summed E-state index contributed by atoms with van der Waals surface area (Å²) in [4.78, 5) is 25.7. The van der Waals surface area contributed by atoms with Gasteiger partial charge in [0.05, 0.1) is 41.2 Å². The van der Waals surface area contributed by atoms with E-state index in [4.69, 9.17) is 15.9 Å². The largest absolute Gasteiger partial charge is 0.493 e. The summed E-state index contributed by atoms with van der Waals surface area (Å²) < 4.78 is 41.0. The van der Waals surface area contributed by atoms with E-state index in [0.717, 1.165) is 45.2 Å². The van der Waals surface area contributed by atoms with Gasteiger partial charge in [0.25, 0.3) is 0 Å². The van der Waals surface area contributed by atoms with E-state index in [9.17, 15) is 13.6 Å². The fourth-order valence-electron chi connectivity index (χ4n) is 4.82. The Morgan fingerprint density at radius 1 is 1.16 bits per heavy atom. The molecule has 1 amide bonds. The molecule has 2 aromatic carbocycles. The Bertz CT molecular complexity index is 1650. The predicted molar refractivity (Wildman–Crippen MR) is 163 cm³/mol. The summed E-state index contributed by atoms with van der Waals surface area (Å²) in [5.41, 5.74) is 0.937. The van der Waals surface area contributed by atoms with Gasteiger partial charge in [-0.3, -0.25) is 14.4 Å². The van der Waals surface area contributed by atoms with Gasteiger partial charge >= 0.3 is 0 Å². The second-order valence-electron chi connectivity index (χ2n) is 10.6. The highest BCUT2D eigenvalue weighted by atomic mass is 19.2. The standard InChI is InChI=1S/C31H34F2N8O3/c1-4-39-10-12-40(13-11-39)9-6-14-43-23-15-26-29(27(16-23)44-21(2)3)31(35-20-34-26)37-22-17-36-41(18-22)19-28(42)38-25-8-5-7-24(32)30(25)33/h1,5,7-8,15-18,20-21H,6,9-14,19H2,2-3H3,(H,38,42)(H,34,35,37). The lowest BCUT2D eigenvalue weighted by Crippen LogP contribution is -2.44. The summed E-state index contributed by atoms with van der Waals surface area (Å²) in [6, 6.07) is 9.95. The predicted octanol–water partition coefficient (Wildman–Crippen LogP) is 4.25. The molecule has 230 valence electrons. The summed E-state index contributed by atoms with van der Waals surface area (Å²) in [5, 5.41) is 10.4. The first kappa shape index (κ1) is 30.5. The number of anilines is 3. The van der Waals surface area contributed by atoms with Crippen LogP contribution in [-0.4, -0.2) is 80.9 Å². The lowest BCUT2D eigenvalue weighted by atomic mass is 10.2. The molecular weight excluding hydrogens is 570 g/mol. The third kappa shape index (κ3) is 7.70. The molecule has 44 heavy (non-hydrogen) atoms. The number of rotatable bonds is 12. The molecule has 0 spiro atoms. The van der Waals surface area contributed by atoms with Crippen molar-refractivity contribution in [3.8, 4) is 24.0 Å². The van der Waals surface area contributed by atoms with E-state index in [0.29, 0.717) is 40.5 Å². The number of terminal acetylenes is 1. The monoisotopic (exact) mass is 604 g/mol. The number of piperazine rings is 1. The molecule has 0 radical (unpaired) electrons. The van der Waals surface area contributed by atoms with Gasteiger partial charge in [0.2, 0.25) is 5.91 Å². The van der Waals surface area contributed by atoms with Gasteiger partial charge in [-0.2, -0.15) is 5.10 Å². The van der Waals surface area contributed by atoms with Gasteiger partial charge < -0.3 is 25.0 Å². The zero-order valence-electron chi connectivity index (χ0n) is 24.6. The number of nitrogens with one attached hydrogen (secondary N) is 2. The second-order valence-corrected chi connectivity index (χ2v) is 10.6. The maximum absolute atomic E-state index is 13.9. The maximum atomic E-state index is 13.9. The number of amides is 1. The van der Waals surface area contributed by atoms with Crippen LogP contribution >= 0.6 is 0 Å². The third-order valence-electron chi connectivity index (χ3n) is 6.91. The molecule has 2 N–H and O–H groups in total. The van der Waals surface area contributed by atoms with Crippen molar-refractivity contribution in [1.29, 1.82) is 0 Å². The average molecular weight is 605 g/mol. The zero-order chi connectivity index (χ0) is 31.1. The Morgan fingerprint density at radius 3 is 2.75 bits per heavy atom. The second kappa shape index (κ2) is 14.0. The van der Waals surface area contributed by atoms with Gasteiger partial charge in [0.15, 0.2) is 11.6 Å². The van der Waals surface area contributed by atoms with Crippen molar-refractivity contribution in [2.75, 3.05) is 50.0 Å². The fraction of sp³-hybridized carbons (Fsp3) is 0.355. The van der Waals surface area contributed by atoms with Gasteiger partial charge in [-0.05, 0) is 32.4 Å². The first-order valence-corrected chi connectivity index (χ1v) is 14.3. The normalized spacial score (nSPS) is 13.6. The topological polar surface area (TPSA) is 110 Å². The van der Waals surface area contributed by atoms with Crippen LogP contribution in [0.25, 0.3) is 10.9 Å². The number of carbonyl (C=O) groups excluding carboxylic acids is 1. The fourth-order valence-corrected chi connectivity index (χ4v) is 4.82. The summed E-state index contributed by atoms with van der Waals surface area (Å²) in [7, 11) is 0. The molecule has 0 unspecified atom stereocenters. The quantitative estimate of drug-likeness (QED) is 0.181. The van der Waals surface area contributed by atoms with Gasteiger partial charge in [-0.25, -0.2) is 18.7 Å². The van der Waals surface area contributed by atoms with E-state index in [2.05, 4.69) is 36.6 Å². The van der Waals surface area contributed by atoms with Crippen LogP contribution in [0, 0.1) is 24.1 Å². The van der Waals surface area contributed by atoms with Crippen LogP contribution in [0.4, 0.5) is 26.0 Å². The van der Waals surface area contributed by atoms with Crippen molar-refractivity contribution in [3.05, 3.63) is 60.7 Å². The van der Waals surface area contributed by atoms with E-state index in [1.54, 1.807) is 6.20 Å². The van der Waals surface area contributed by atoms with Crippen LogP contribution in [0.5, 0.6) is 11.5 Å². The highest BCUT2D eigenvalue weighted by molar-refractivity contribution is 5.96.